The molecule has 0 spiro atoms. The molecule has 0 radical (unpaired) electrons. The second-order valence-corrected chi connectivity index (χ2v) is 4.42. The molecular weight excluding hydrogens is 174 g/mol. The smallest absolute Gasteiger partial charge is 0.0477 e. The minimum atomic E-state index is 0.683. The topological polar surface area (TPSA) is 21.3 Å². The Labute approximate surface area is 88.4 Å². The Bertz CT molecular complexity index is 132. The first-order valence-electron chi connectivity index (χ1n) is 6.09. The van der Waals surface area contributed by atoms with E-state index in [-0.39, 0.29) is 0 Å². The van der Waals surface area contributed by atoms with Gasteiger partial charge in [0.25, 0.3) is 0 Å². The third-order valence-electron chi connectivity index (χ3n) is 3.26. The molecule has 84 valence electrons. The predicted molar refractivity (Wildman–Crippen MR) is 60.5 cm³/mol. The van der Waals surface area contributed by atoms with E-state index in [1.54, 1.807) is 7.11 Å². The van der Waals surface area contributed by atoms with Gasteiger partial charge in [0.05, 0.1) is 0 Å². The monoisotopic (exact) mass is 199 g/mol. The van der Waals surface area contributed by atoms with Crippen molar-refractivity contribution in [2.24, 2.45) is 5.92 Å². The van der Waals surface area contributed by atoms with Crippen LogP contribution in [0, 0.1) is 5.92 Å². The Morgan fingerprint density at radius 3 is 2.64 bits per heavy atom. The van der Waals surface area contributed by atoms with Gasteiger partial charge in [-0.3, -0.25) is 0 Å². The predicted octanol–water partition coefficient (Wildman–Crippen LogP) is 2.58. The standard InChI is InChI=1S/C12H25NO/c1-3-13-12(8-9-14-2)10-11-6-4-5-7-11/h11-13H,3-10H2,1-2H3. The summed E-state index contributed by atoms with van der Waals surface area (Å²) in [6.07, 6.45) is 8.34. The molecular formula is C12H25NO. The first-order valence-corrected chi connectivity index (χ1v) is 6.09. The van der Waals surface area contributed by atoms with Crippen LogP contribution in [-0.4, -0.2) is 26.3 Å². The highest BCUT2D eigenvalue weighted by molar-refractivity contribution is 4.75. The Hall–Kier alpha value is -0.0800. The van der Waals surface area contributed by atoms with E-state index in [1.165, 1.54) is 38.5 Å². The zero-order valence-corrected chi connectivity index (χ0v) is 9.72. The van der Waals surface area contributed by atoms with Gasteiger partial charge < -0.3 is 10.1 Å². The molecule has 0 aliphatic heterocycles. The first kappa shape index (κ1) is 12.0. The van der Waals surface area contributed by atoms with E-state index < -0.39 is 0 Å². The lowest BCUT2D eigenvalue weighted by molar-refractivity contribution is 0.177. The zero-order chi connectivity index (χ0) is 10.2. The molecule has 1 rings (SSSR count). The summed E-state index contributed by atoms with van der Waals surface area (Å²) >= 11 is 0. The highest BCUT2D eigenvalue weighted by atomic mass is 16.5. The zero-order valence-electron chi connectivity index (χ0n) is 9.72. The van der Waals surface area contributed by atoms with Crippen LogP contribution in [0.1, 0.15) is 45.4 Å². The molecule has 0 saturated heterocycles. The molecule has 0 aromatic rings. The molecule has 1 fully saturated rings. The molecule has 1 aliphatic carbocycles. The van der Waals surface area contributed by atoms with E-state index in [1.807, 2.05) is 0 Å². The van der Waals surface area contributed by atoms with Crippen molar-refractivity contribution in [3.05, 3.63) is 0 Å². The van der Waals surface area contributed by atoms with Gasteiger partial charge in [0.1, 0.15) is 0 Å². The van der Waals surface area contributed by atoms with E-state index >= 15 is 0 Å². The minimum absolute atomic E-state index is 0.683. The molecule has 14 heavy (non-hydrogen) atoms. The third kappa shape index (κ3) is 4.43. The van der Waals surface area contributed by atoms with Crippen molar-refractivity contribution >= 4 is 0 Å². The fourth-order valence-electron chi connectivity index (χ4n) is 2.50. The van der Waals surface area contributed by atoms with Crippen molar-refractivity contribution in [2.75, 3.05) is 20.3 Å². The van der Waals surface area contributed by atoms with E-state index in [4.69, 9.17) is 4.74 Å². The molecule has 0 amide bonds. The van der Waals surface area contributed by atoms with Crippen molar-refractivity contribution in [1.82, 2.24) is 5.32 Å². The summed E-state index contributed by atoms with van der Waals surface area (Å²) in [6.45, 7) is 4.17. The van der Waals surface area contributed by atoms with Crippen LogP contribution in [0.4, 0.5) is 0 Å². The number of rotatable bonds is 7. The molecule has 1 N–H and O–H groups in total. The second kappa shape index (κ2) is 7.24. The molecule has 0 heterocycles. The maximum absolute atomic E-state index is 5.14. The van der Waals surface area contributed by atoms with Crippen molar-refractivity contribution in [3.8, 4) is 0 Å². The Kier molecular flexibility index (Phi) is 6.20. The van der Waals surface area contributed by atoms with Gasteiger partial charge in [-0.05, 0) is 25.3 Å². The average Bonchev–Trinajstić information content (AvgIpc) is 2.67. The molecule has 1 saturated carbocycles. The number of methoxy groups -OCH3 is 1. The minimum Gasteiger partial charge on any atom is -0.385 e. The van der Waals surface area contributed by atoms with Gasteiger partial charge in [-0.2, -0.15) is 0 Å². The number of hydrogen-bond donors (Lipinski definition) is 1. The molecule has 1 atom stereocenters. The fourth-order valence-corrected chi connectivity index (χ4v) is 2.50. The summed E-state index contributed by atoms with van der Waals surface area (Å²) in [5.74, 6) is 0.982. The summed E-state index contributed by atoms with van der Waals surface area (Å²) < 4.78 is 5.14. The van der Waals surface area contributed by atoms with Crippen LogP contribution in [0.25, 0.3) is 0 Å². The quantitative estimate of drug-likeness (QED) is 0.680. The average molecular weight is 199 g/mol. The first-order chi connectivity index (χ1) is 6.86. The van der Waals surface area contributed by atoms with Crippen LogP contribution < -0.4 is 5.32 Å². The van der Waals surface area contributed by atoms with Crippen LogP contribution in [0.2, 0.25) is 0 Å². The van der Waals surface area contributed by atoms with Gasteiger partial charge >= 0.3 is 0 Å². The lowest BCUT2D eigenvalue weighted by atomic mass is 9.96. The van der Waals surface area contributed by atoms with Crippen molar-refractivity contribution < 1.29 is 4.74 Å². The molecule has 1 aliphatic rings. The summed E-state index contributed by atoms with van der Waals surface area (Å²) in [5.41, 5.74) is 0. The highest BCUT2D eigenvalue weighted by Gasteiger charge is 2.19. The Morgan fingerprint density at radius 1 is 1.36 bits per heavy atom. The van der Waals surface area contributed by atoms with Crippen LogP contribution in [-0.2, 0) is 4.74 Å². The lowest BCUT2D eigenvalue weighted by Crippen LogP contribution is -2.31. The van der Waals surface area contributed by atoms with Gasteiger partial charge in [-0.25, -0.2) is 0 Å². The van der Waals surface area contributed by atoms with E-state index in [2.05, 4.69) is 12.2 Å². The number of hydrogen-bond acceptors (Lipinski definition) is 2. The summed E-state index contributed by atoms with van der Waals surface area (Å²) in [5, 5.41) is 3.56. The van der Waals surface area contributed by atoms with Gasteiger partial charge in [0.2, 0.25) is 0 Å². The van der Waals surface area contributed by atoms with Gasteiger partial charge in [0.15, 0.2) is 0 Å². The Balaban J connectivity index is 2.18. The van der Waals surface area contributed by atoms with E-state index in [0.717, 1.165) is 19.1 Å². The molecule has 2 heteroatoms. The summed E-state index contributed by atoms with van der Waals surface area (Å²) in [6, 6.07) is 0.683. The fraction of sp³-hybridized carbons (Fsp3) is 1.00. The largest absolute Gasteiger partial charge is 0.385 e. The lowest BCUT2D eigenvalue weighted by Gasteiger charge is -2.20. The van der Waals surface area contributed by atoms with Crippen LogP contribution >= 0.6 is 0 Å². The number of ether oxygens (including phenoxy) is 1. The second-order valence-electron chi connectivity index (χ2n) is 4.42. The van der Waals surface area contributed by atoms with Gasteiger partial charge in [0, 0.05) is 19.8 Å². The maximum atomic E-state index is 5.14. The number of nitrogens with one attached hydrogen (secondary N) is 1. The summed E-state index contributed by atoms with van der Waals surface area (Å²) in [7, 11) is 1.79. The maximum Gasteiger partial charge on any atom is 0.0477 e. The van der Waals surface area contributed by atoms with Crippen LogP contribution in [0.3, 0.4) is 0 Å². The summed E-state index contributed by atoms with van der Waals surface area (Å²) in [4.78, 5) is 0. The van der Waals surface area contributed by atoms with Crippen molar-refractivity contribution in [1.29, 1.82) is 0 Å². The van der Waals surface area contributed by atoms with Gasteiger partial charge in [-0.1, -0.05) is 32.6 Å². The van der Waals surface area contributed by atoms with E-state index in [0.29, 0.717) is 6.04 Å². The Morgan fingerprint density at radius 2 is 2.07 bits per heavy atom. The molecule has 1 unspecified atom stereocenters. The molecule has 0 bridgehead atoms. The van der Waals surface area contributed by atoms with Crippen LogP contribution in [0.15, 0.2) is 0 Å². The van der Waals surface area contributed by atoms with E-state index in [9.17, 15) is 0 Å². The molecule has 0 aromatic carbocycles. The van der Waals surface area contributed by atoms with Gasteiger partial charge in [-0.15, -0.1) is 0 Å². The van der Waals surface area contributed by atoms with Crippen LogP contribution in [0.5, 0.6) is 0 Å². The van der Waals surface area contributed by atoms with Crippen molar-refractivity contribution in [3.63, 3.8) is 0 Å². The normalized spacial score (nSPS) is 20.1. The molecule has 0 aromatic heterocycles. The SMILES string of the molecule is CCNC(CCOC)CC1CCCC1. The molecule has 2 nitrogen and oxygen atoms in total. The highest BCUT2D eigenvalue weighted by Crippen LogP contribution is 2.29. The van der Waals surface area contributed by atoms with Crippen molar-refractivity contribution in [2.45, 2.75) is 51.5 Å². The third-order valence-corrected chi connectivity index (χ3v) is 3.26.